The molecule has 2 heterocycles. The largest absolute Gasteiger partial charge is 0.550 e. The van der Waals surface area contributed by atoms with Crippen LogP contribution in [0.5, 0.6) is 17.2 Å². The molecule has 0 unspecified atom stereocenters. The van der Waals surface area contributed by atoms with Crippen LogP contribution in [0.1, 0.15) is 25.0 Å². The van der Waals surface area contributed by atoms with Crippen LogP contribution in [0, 0.1) is 6.92 Å². The number of rotatable bonds is 8. The number of aliphatic carboxylic acids is 1. The van der Waals surface area contributed by atoms with E-state index in [2.05, 4.69) is 5.32 Å². The highest BCUT2D eigenvalue weighted by Gasteiger charge is 2.18. The normalized spacial score (nSPS) is 12.7. The molecular formula is C25H24NO8-. The molecule has 0 atom stereocenters. The molecule has 2 aromatic carbocycles. The van der Waals surface area contributed by atoms with Crippen molar-refractivity contribution in [2.24, 2.45) is 0 Å². The van der Waals surface area contributed by atoms with Crippen LogP contribution in [0.25, 0.3) is 22.1 Å². The smallest absolute Gasteiger partial charge is 0.257 e. The van der Waals surface area contributed by atoms with Crippen molar-refractivity contribution in [2.45, 2.75) is 26.2 Å². The van der Waals surface area contributed by atoms with Crippen LogP contribution in [0.2, 0.25) is 0 Å². The number of ether oxygens (including phenoxy) is 3. The number of hydrogen-bond donors (Lipinski definition) is 1. The highest BCUT2D eigenvalue weighted by atomic mass is 16.5. The second-order valence-corrected chi connectivity index (χ2v) is 7.85. The van der Waals surface area contributed by atoms with Gasteiger partial charge in [0.1, 0.15) is 17.1 Å². The minimum Gasteiger partial charge on any atom is -0.550 e. The van der Waals surface area contributed by atoms with E-state index in [0.29, 0.717) is 58.3 Å². The zero-order valence-corrected chi connectivity index (χ0v) is 18.7. The monoisotopic (exact) mass is 466 g/mol. The minimum atomic E-state index is -1.16. The molecule has 0 aliphatic carbocycles. The second kappa shape index (κ2) is 10.3. The van der Waals surface area contributed by atoms with Crippen molar-refractivity contribution in [2.75, 3.05) is 26.4 Å². The van der Waals surface area contributed by atoms with E-state index in [0.717, 1.165) is 6.42 Å². The first-order valence-electron chi connectivity index (χ1n) is 11.0. The average Bonchev–Trinajstić information content (AvgIpc) is 3.05. The Balaban J connectivity index is 1.51. The molecule has 9 heteroatoms. The van der Waals surface area contributed by atoms with Gasteiger partial charge >= 0.3 is 0 Å². The molecule has 1 aliphatic rings. The lowest BCUT2D eigenvalue weighted by molar-refractivity contribution is -0.305. The van der Waals surface area contributed by atoms with Crippen LogP contribution in [-0.4, -0.2) is 38.2 Å². The summed E-state index contributed by atoms with van der Waals surface area (Å²) < 4.78 is 22.8. The summed E-state index contributed by atoms with van der Waals surface area (Å²) in [5.41, 5.74) is 1.26. The Morgan fingerprint density at radius 1 is 1.09 bits per heavy atom. The van der Waals surface area contributed by atoms with Crippen molar-refractivity contribution < 1.29 is 33.3 Å². The van der Waals surface area contributed by atoms with Crippen LogP contribution in [0.4, 0.5) is 0 Å². The first kappa shape index (κ1) is 23.2. The van der Waals surface area contributed by atoms with Crippen molar-refractivity contribution in [1.29, 1.82) is 0 Å². The first-order chi connectivity index (χ1) is 16.4. The minimum absolute atomic E-state index is 0.127. The van der Waals surface area contributed by atoms with Crippen LogP contribution in [0.3, 0.4) is 0 Å². The molecule has 1 amide bonds. The zero-order valence-electron chi connectivity index (χ0n) is 18.7. The lowest BCUT2D eigenvalue weighted by atomic mass is 10.0. The van der Waals surface area contributed by atoms with Crippen molar-refractivity contribution in [3.05, 3.63) is 52.4 Å². The first-order valence-corrected chi connectivity index (χ1v) is 11.0. The molecule has 1 aromatic heterocycles. The van der Waals surface area contributed by atoms with E-state index < -0.39 is 5.97 Å². The van der Waals surface area contributed by atoms with E-state index in [4.69, 9.17) is 18.6 Å². The molecule has 34 heavy (non-hydrogen) atoms. The van der Waals surface area contributed by atoms with E-state index in [9.17, 15) is 19.5 Å². The van der Waals surface area contributed by atoms with Gasteiger partial charge in [0.25, 0.3) is 5.91 Å². The van der Waals surface area contributed by atoms with Gasteiger partial charge in [-0.15, -0.1) is 0 Å². The molecule has 0 saturated heterocycles. The summed E-state index contributed by atoms with van der Waals surface area (Å²) in [4.78, 5) is 35.5. The standard InChI is InChI=1S/C25H25NO8/c1-15-24(16-5-8-19-21(12-16)32-11-3-10-31-19)25(30)18-7-6-17(13-20(18)34-15)33-14-22(27)26-9-2-4-23(28)29/h5-8,12-13H,2-4,9-11,14H2,1H3,(H,26,27)(H,28,29)/p-1. The highest BCUT2D eigenvalue weighted by Crippen LogP contribution is 2.35. The maximum atomic E-state index is 13.3. The van der Waals surface area contributed by atoms with Crippen LogP contribution >= 0.6 is 0 Å². The third-order valence-corrected chi connectivity index (χ3v) is 5.33. The number of fused-ring (bicyclic) bond motifs is 2. The van der Waals surface area contributed by atoms with Crippen molar-refractivity contribution in [3.63, 3.8) is 0 Å². The fourth-order valence-electron chi connectivity index (χ4n) is 3.69. The Hall–Kier alpha value is -4.01. The predicted octanol–water partition coefficient (Wildman–Crippen LogP) is 1.95. The number of nitrogens with one attached hydrogen (secondary N) is 1. The molecule has 178 valence electrons. The second-order valence-electron chi connectivity index (χ2n) is 7.85. The predicted molar refractivity (Wildman–Crippen MR) is 121 cm³/mol. The Bertz CT molecular complexity index is 1280. The number of aryl methyl sites for hydroxylation is 1. The van der Waals surface area contributed by atoms with E-state index in [1.165, 1.54) is 0 Å². The summed E-state index contributed by atoms with van der Waals surface area (Å²) in [7, 11) is 0. The van der Waals surface area contributed by atoms with Gasteiger partial charge in [-0.05, 0) is 49.6 Å². The van der Waals surface area contributed by atoms with E-state index in [1.54, 1.807) is 37.3 Å². The van der Waals surface area contributed by atoms with Crippen molar-refractivity contribution in [3.8, 4) is 28.4 Å². The van der Waals surface area contributed by atoms with Gasteiger partial charge < -0.3 is 33.8 Å². The van der Waals surface area contributed by atoms with Gasteiger partial charge in [0.15, 0.2) is 18.1 Å². The summed E-state index contributed by atoms with van der Waals surface area (Å²) in [6, 6.07) is 10.1. The molecule has 0 fully saturated rings. The van der Waals surface area contributed by atoms with Crippen LogP contribution in [-0.2, 0) is 9.59 Å². The SMILES string of the molecule is Cc1oc2cc(OCC(=O)NCCCC(=O)[O-])ccc2c(=O)c1-c1ccc2c(c1)OCCCO2. The molecule has 0 radical (unpaired) electrons. The third-order valence-electron chi connectivity index (χ3n) is 5.33. The van der Waals surface area contributed by atoms with E-state index in [-0.39, 0.29) is 37.3 Å². The molecule has 1 N–H and O–H groups in total. The van der Waals surface area contributed by atoms with Gasteiger partial charge in [-0.2, -0.15) is 0 Å². The molecule has 1 aliphatic heterocycles. The third kappa shape index (κ3) is 5.31. The molecule has 0 saturated carbocycles. The number of carbonyl (C=O) groups excluding carboxylic acids is 2. The molecular weight excluding hydrogens is 442 g/mol. The quantitative estimate of drug-likeness (QED) is 0.499. The summed E-state index contributed by atoms with van der Waals surface area (Å²) in [6.45, 7) is 2.80. The number of carboxylic acid groups (broad SMARTS) is 1. The van der Waals surface area contributed by atoms with Gasteiger partial charge in [0.2, 0.25) is 5.43 Å². The fraction of sp³-hybridized carbons (Fsp3) is 0.320. The lowest BCUT2D eigenvalue weighted by Gasteiger charge is -2.12. The van der Waals surface area contributed by atoms with E-state index in [1.807, 2.05) is 6.07 Å². The summed E-state index contributed by atoms with van der Waals surface area (Å²) in [5.74, 6) is 0.495. The Kier molecular flexibility index (Phi) is 7.01. The Morgan fingerprint density at radius 2 is 1.88 bits per heavy atom. The number of carbonyl (C=O) groups is 2. The summed E-state index contributed by atoms with van der Waals surface area (Å²) in [6.07, 6.45) is 0.939. The Labute approximate surface area is 195 Å². The summed E-state index contributed by atoms with van der Waals surface area (Å²) >= 11 is 0. The van der Waals surface area contributed by atoms with Gasteiger partial charge in [-0.3, -0.25) is 9.59 Å². The van der Waals surface area contributed by atoms with Crippen molar-refractivity contribution >= 4 is 22.8 Å². The van der Waals surface area contributed by atoms with Crippen molar-refractivity contribution in [1.82, 2.24) is 5.32 Å². The maximum Gasteiger partial charge on any atom is 0.257 e. The molecule has 3 aromatic rings. The molecule has 0 spiro atoms. The molecule has 4 rings (SSSR count). The number of hydrogen-bond acceptors (Lipinski definition) is 8. The van der Waals surface area contributed by atoms with E-state index >= 15 is 0 Å². The number of carboxylic acids is 1. The topological polar surface area (TPSA) is 127 Å². The van der Waals surface area contributed by atoms with Gasteiger partial charge in [0.05, 0.1) is 24.2 Å². The van der Waals surface area contributed by atoms with Gasteiger partial charge in [0, 0.05) is 25.0 Å². The van der Waals surface area contributed by atoms with Gasteiger partial charge in [-0.1, -0.05) is 6.07 Å². The summed E-state index contributed by atoms with van der Waals surface area (Å²) in [5, 5.41) is 13.3. The van der Waals surface area contributed by atoms with Crippen LogP contribution in [0.15, 0.2) is 45.6 Å². The molecule has 0 bridgehead atoms. The maximum absolute atomic E-state index is 13.3. The lowest BCUT2D eigenvalue weighted by Crippen LogP contribution is -2.31. The average molecular weight is 466 g/mol. The zero-order chi connectivity index (χ0) is 24.1. The number of amides is 1. The van der Waals surface area contributed by atoms with Crippen LogP contribution < -0.4 is 30.1 Å². The number of benzene rings is 2. The van der Waals surface area contributed by atoms with Gasteiger partial charge in [-0.25, -0.2) is 0 Å². The Morgan fingerprint density at radius 3 is 2.68 bits per heavy atom. The fourth-order valence-corrected chi connectivity index (χ4v) is 3.69. The highest BCUT2D eigenvalue weighted by molar-refractivity contribution is 5.84. The molecule has 9 nitrogen and oxygen atoms in total.